The van der Waals surface area contributed by atoms with Crippen LogP contribution in [-0.4, -0.2) is 56.9 Å². The number of rotatable bonds is 5. The summed E-state index contributed by atoms with van der Waals surface area (Å²) in [5.41, 5.74) is 2.57. The van der Waals surface area contributed by atoms with Crippen molar-refractivity contribution in [3.05, 3.63) is 18.1 Å². The number of hydrogen-bond acceptors (Lipinski definition) is 5. The Morgan fingerprint density at radius 3 is 3.05 bits per heavy atom. The molecule has 2 aromatic heterocycles. The van der Waals surface area contributed by atoms with Crippen LogP contribution in [0.4, 0.5) is 10.5 Å². The van der Waals surface area contributed by atoms with Crippen molar-refractivity contribution in [2.24, 2.45) is 0 Å². The van der Waals surface area contributed by atoms with E-state index in [1.54, 1.807) is 15.7 Å². The Bertz CT molecular complexity index is 651. The fraction of sp³-hybridized carbons (Fsp3) is 0.538. The van der Waals surface area contributed by atoms with E-state index < -0.39 is 0 Å². The van der Waals surface area contributed by atoms with E-state index in [1.807, 2.05) is 6.07 Å². The largest absolute Gasteiger partial charge is 0.380 e. The topological polar surface area (TPSA) is 87.5 Å². The molecule has 1 aliphatic rings. The van der Waals surface area contributed by atoms with Crippen molar-refractivity contribution >= 4 is 17.4 Å². The molecule has 2 aromatic rings. The third-order valence-electron chi connectivity index (χ3n) is 3.52. The van der Waals surface area contributed by atoms with Crippen molar-refractivity contribution in [1.82, 2.24) is 30.0 Å². The minimum absolute atomic E-state index is 0.00187. The summed E-state index contributed by atoms with van der Waals surface area (Å²) >= 11 is 0. The van der Waals surface area contributed by atoms with E-state index in [4.69, 9.17) is 0 Å². The van der Waals surface area contributed by atoms with Crippen LogP contribution < -0.4 is 10.6 Å². The summed E-state index contributed by atoms with van der Waals surface area (Å²) in [6.45, 7) is 6.99. The number of nitrogens with zero attached hydrogens (tertiary/aromatic N) is 5. The van der Waals surface area contributed by atoms with Gasteiger partial charge in [-0.25, -0.2) is 4.79 Å². The number of amides is 2. The highest BCUT2D eigenvalue weighted by Gasteiger charge is 2.18. The average Bonchev–Trinajstić information content (AvgIpc) is 3.07. The third-order valence-corrected chi connectivity index (χ3v) is 3.52. The fourth-order valence-corrected chi connectivity index (χ4v) is 2.31. The molecule has 3 heterocycles. The second kappa shape index (κ2) is 5.55. The molecule has 21 heavy (non-hydrogen) atoms. The van der Waals surface area contributed by atoms with E-state index in [0.29, 0.717) is 24.7 Å². The van der Waals surface area contributed by atoms with E-state index in [0.717, 1.165) is 24.5 Å². The number of hydrogen-bond donors (Lipinski definition) is 2. The van der Waals surface area contributed by atoms with Gasteiger partial charge in [0.05, 0.1) is 11.4 Å². The molecule has 0 spiro atoms. The quantitative estimate of drug-likeness (QED) is 0.845. The van der Waals surface area contributed by atoms with Crippen molar-refractivity contribution in [2.45, 2.75) is 19.8 Å². The minimum Gasteiger partial charge on any atom is -0.380 e. The number of nitrogens with one attached hydrogen (secondary N) is 2. The molecule has 2 amide bonds. The molecule has 0 saturated carbocycles. The lowest BCUT2D eigenvalue weighted by atomic mass is 10.1. The monoisotopic (exact) mass is 289 g/mol. The predicted octanol–water partition coefficient (Wildman–Crippen LogP) is 0.685. The van der Waals surface area contributed by atoms with Gasteiger partial charge in [0.2, 0.25) is 5.65 Å². The fourth-order valence-electron chi connectivity index (χ4n) is 2.31. The molecule has 0 radical (unpaired) electrons. The zero-order chi connectivity index (χ0) is 14.8. The van der Waals surface area contributed by atoms with Gasteiger partial charge in [0.15, 0.2) is 0 Å². The SMILES string of the molecule is CC(C)c1cc(NCCN2CCNC2=O)c2nncn2n1. The van der Waals surface area contributed by atoms with Crippen LogP contribution in [-0.2, 0) is 0 Å². The van der Waals surface area contributed by atoms with Crippen LogP contribution in [0.5, 0.6) is 0 Å². The molecule has 8 heteroatoms. The smallest absolute Gasteiger partial charge is 0.317 e. The standard InChI is InChI=1S/C13H19N7O/c1-9(2)10-7-11(12-17-16-8-20(12)18-10)14-3-5-19-6-4-15-13(19)21/h7-9,14H,3-6H2,1-2H3,(H,15,21). The minimum atomic E-state index is 0.00187. The molecule has 2 N–H and O–H groups in total. The Kier molecular flexibility index (Phi) is 3.59. The number of urea groups is 1. The highest BCUT2D eigenvalue weighted by Crippen LogP contribution is 2.19. The van der Waals surface area contributed by atoms with Gasteiger partial charge >= 0.3 is 6.03 Å². The first-order valence-electron chi connectivity index (χ1n) is 7.13. The molecule has 0 atom stereocenters. The van der Waals surface area contributed by atoms with Crippen LogP contribution in [0.15, 0.2) is 12.4 Å². The molecular weight excluding hydrogens is 270 g/mol. The van der Waals surface area contributed by atoms with E-state index in [2.05, 4.69) is 39.8 Å². The summed E-state index contributed by atoms with van der Waals surface area (Å²) in [7, 11) is 0. The third kappa shape index (κ3) is 2.74. The Balaban J connectivity index is 1.73. The molecule has 3 rings (SSSR count). The van der Waals surface area contributed by atoms with Crippen LogP contribution in [0.1, 0.15) is 25.5 Å². The van der Waals surface area contributed by atoms with Gasteiger partial charge in [-0.15, -0.1) is 10.2 Å². The van der Waals surface area contributed by atoms with Gasteiger partial charge in [-0.2, -0.15) is 9.61 Å². The van der Waals surface area contributed by atoms with Gasteiger partial charge < -0.3 is 15.5 Å². The van der Waals surface area contributed by atoms with E-state index in [9.17, 15) is 4.79 Å². The van der Waals surface area contributed by atoms with Crippen molar-refractivity contribution in [1.29, 1.82) is 0 Å². The molecule has 1 aliphatic heterocycles. The van der Waals surface area contributed by atoms with Gasteiger partial charge in [0, 0.05) is 26.2 Å². The summed E-state index contributed by atoms with van der Waals surface area (Å²) in [6, 6.07) is 2.00. The molecule has 0 bridgehead atoms. The van der Waals surface area contributed by atoms with Crippen LogP contribution in [0.3, 0.4) is 0 Å². The van der Waals surface area contributed by atoms with Crippen LogP contribution in [0.25, 0.3) is 5.65 Å². The second-order valence-corrected chi connectivity index (χ2v) is 5.38. The maximum absolute atomic E-state index is 11.5. The van der Waals surface area contributed by atoms with Crippen LogP contribution in [0, 0.1) is 0 Å². The average molecular weight is 289 g/mol. The predicted molar refractivity (Wildman–Crippen MR) is 78.3 cm³/mol. The van der Waals surface area contributed by atoms with E-state index in [1.165, 1.54) is 0 Å². The maximum atomic E-state index is 11.5. The lowest BCUT2D eigenvalue weighted by molar-refractivity contribution is 0.219. The first kappa shape index (κ1) is 13.6. The number of carbonyl (C=O) groups is 1. The summed E-state index contributed by atoms with van der Waals surface area (Å²) in [5, 5.41) is 18.6. The van der Waals surface area contributed by atoms with Crippen molar-refractivity contribution < 1.29 is 4.79 Å². The number of carbonyl (C=O) groups excluding carboxylic acids is 1. The van der Waals surface area contributed by atoms with E-state index in [-0.39, 0.29) is 6.03 Å². The lowest BCUT2D eigenvalue weighted by Crippen LogP contribution is -2.32. The Morgan fingerprint density at radius 1 is 1.48 bits per heavy atom. The first-order valence-corrected chi connectivity index (χ1v) is 7.13. The molecule has 112 valence electrons. The molecule has 0 unspecified atom stereocenters. The second-order valence-electron chi connectivity index (χ2n) is 5.38. The zero-order valence-electron chi connectivity index (χ0n) is 12.2. The van der Waals surface area contributed by atoms with Crippen molar-refractivity contribution in [3.63, 3.8) is 0 Å². The molecule has 8 nitrogen and oxygen atoms in total. The van der Waals surface area contributed by atoms with Gasteiger partial charge in [-0.05, 0) is 12.0 Å². The lowest BCUT2D eigenvalue weighted by Gasteiger charge is -2.15. The normalized spacial score (nSPS) is 15.0. The van der Waals surface area contributed by atoms with Gasteiger partial charge in [-0.3, -0.25) is 0 Å². The Hall–Kier alpha value is -2.38. The maximum Gasteiger partial charge on any atom is 0.317 e. The van der Waals surface area contributed by atoms with Crippen molar-refractivity contribution in [3.8, 4) is 0 Å². The molecule has 0 aromatic carbocycles. The highest BCUT2D eigenvalue weighted by molar-refractivity contribution is 5.76. The van der Waals surface area contributed by atoms with Crippen LogP contribution in [0.2, 0.25) is 0 Å². The molecular formula is C13H19N7O. The first-order chi connectivity index (χ1) is 10.1. The number of anilines is 1. The van der Waals surface area contributed by atoms with Gasteiger partial charge in [0.1, 0.15) is 6.33 Å². The van der Waals surface area contributed by atoms with Crippen LogP contribution >= 0.6 is 0 Å². The summed E-state index contributed by atoms with van der Waals surface area (Å²) in [5.74, 6) is 0.321. The molecule has 0 aliphatic carbocycles. The summed E-state index contributed by atoms with van der Waals surface area (Å²) in [6.07, 6.45) is 1.60. The van der Waals surface area contributed by atoms with E-state index >= 15 is 0 Å². The van der Waals surface area contributed by atoms with Crippen molar-refractivity contribution in [2.75, 3.05) is 31.5 Å². The summed E-state index contributed by atoms with van der Waals surface area (Å²) in [4.78, 5) is 13.3. The molecule has 1 saturated heterocycles. The highest BCUT2D eigenvalue weighted by atomic mass is 16.2. The number of fused-ring (bicyclic) bond motifs is 1. The number of aromatic nitrogens is 4. The molecule has 1 fully saturated rings. The van der Waals surface area contributed by atoms with Gasteiger partial charge in [0.25, 0.3) is 0 Å². The Labute approximate surface area is 122 Å². The summed E-state index contributed by atoms with van der Waals surface area (Å²) < 4.78 is 1.68. The zero-order valence-corrected chi connectivity index (χ0v) is 12.2. The Morgan fingerprint density at radius 2 is 2.33 bits per heavy atom. The van der Waals surface area contributed by atoms with Gasteiger partial charge in [-0.1, -0.05) is 13.8 Å².